The van der Waals surface area contributed by atoms with Crippen molar-refractivity contribution in [1.82, 2.24) is 4.90 Å². The molecule has 18 heavy (non-hydrogen) atoms. The van der Waals surface area contributed by atoms with Crippen LogP contribution in [0.1, 0.15) is 37.4 Å². The molecule has 0 radical (unpaired) electrons. The maximum absolute atomic E-state index is 9.31. The van der Waals surface area contributed by atoms with Gasteiger partial charge in [-0.1, -0.05) is 29.8 Å². The van der Waals surface area contributed by atoms with E-state index in [0.717, 1.165) is 13.0 Å². The molecule has 1 unspecified atom stereocenters. The highest BCUT2D eigenvalue weighted by Gasteiger charge is 2.22. The Kier molecular flexibility index (Phi) is 5.32. The molecule has 1 atom stereocenters. The van der Waals surface area contributed by atoms with Crippen molar-refractivity contribution in [2.24, 2.45) is 5.73 Å². The molecule has 0 spiro atoms. The Morgan fingerprint density at radius 1 is 1.39 bits per heavy atom. The first kappa shape index (κ1) is 15.2. The van der Waals surface area contributed by atoms with Crippen molar-refractivity contribution in [2.75, 3.05) is 20.2 Å². The summed E-state index contributed by atoms with van der Waals surface area (Å²) in [6, 6.07) is 8.40. The molecule has 1 rings (SSSR count). The van der Waals surface area contributed by atoms with Gasteiger partial charge in [0.2, 0.25) is 0 Å². The van der Waals surface area contributed by atoms with Crippen LogP contribution in [0.3, 0.4) is 0 Å². The molecule has 0 bridgehead atoms. The SMILES string of the molecule is Cc1cccc(C(N)CCN(C)C(C)(C)CO)c1. The van der Waals surface area contributed by atoms with Gasteiger partial charge in [0.05, 0.1) is 6.61 Å². The average Bonchev–Trinajstić information content (AvgIpc) is 2.35. The lowest BCUT2D eigenvalue weighted by atomic mass is 10.0. The van der Waals surface area contributed by atoms with E-state index in [1.54, 1.807) is 0 Å². The van der Waals surface area contributed by atoms with Crippen molar-refractivity contribution >= 4 is 0 Å². The van der Waals surface area contributed by atoms with E-state index < -0.39 is 0 Å². The second-order valence-electron chi connectivity index (χ2n) is 5.70. The summed E-state index contributed by atoms with van der Waals surface area (Å²) in [7, 11) is 2.03. The Morgan fingerprint density at radius 3 is 2.61 bits per heavy atom. The fourth-order valence-corrected chi connectivity index (χ4v) is 1.82. The molecule has 0 aliphatic rings. The summed E-state index contributed by atoms with van der Waals surface area (Å²) in [6.07, 6.45) is 0.892. The quantitative estimate of drug-likeness (QED) is 0.813. The second-order valence-corrected chi connectivity index (χ2v) is 5.70. The first-order valence-electron chi connectivity index (χ1n) is 6.51. The Morgan fingerprint density at radius 2 is 2.06 bits per heavy atom. The number of hydrogen-bond donors (Lipinski definition) is 2. The van der Waals surface area contributed by atoms with Gasteiger partial charge in [0.25, 0.3) is 0 Å². The zero-order chi connectivity index (χ0) is 13.8. The number of aliphatic hydroxyl groups excluding tert-OH is 1. The Bertz CT molecular complexity index is 377. The Hall–Kier alpha value is -0.900. The van der Waals surface area contributed by atoms with E-state index in [4.69, 9.17) is 5.73 Å². The number of benzene rings is 1. The molecule has 0 amide bonds. The summed E-state index contributed by atoms with van der Waals surface area (Å²) >= 11 is 0. The van der Waals surface area contributed by atoms with Crippen LogP contribution in [0.4, 0.5) is 0 Å². The van der Waals surface area contributed by atoms with E-state index in [9.17, 15) is 5.11 Å². The summed E-state index contributed by atoms with van der Waals surface area (Å²) in [5.74, 6) is 0. The predicted molar refractivity (Wildman–Crippen MR) is 76.5 cm³/mol. The minimum atomic E-state index is -0.188. The third-order valence-corrected chi connectivity index (χ3v) is 3.67. The van der Waals surface area contributed by atoms with Crippen LogP contribution in [0.25, 0.3) is 0 Å². The van der Waals surface area contributed by atoms with Gasteiger partial charge in [-0.05, 0) is 39.8 Å². The molecule has 0 aromatic heterocycles. The van der Waals surface area contributed by atoms with Crippen molar-refractivity contribution in [1.29, 1.82) is 0 Å². The normalized spacial score (nSPS) is 13.9. The van der Waals surface area contributed by atoms with Crippen molar-refractivity contribution < 1.29 is 5.11 Å². The summed E-state index contributed by atoms with van der Waals surface area (Å²) in [5.41, 5.74) is 8.45. The van der Waals surface area contributed by atoms with Gasteiger partial charge < -0.3 is 10.8 Å². The van der Waals surface area contributed by atoms with E-state index in [0.29, 0.717) is 0 Å². The minimum Gasteiger partial charge on any atom is -0.394 e. The number of nitrogens with two attached hydrogens (primary N) is 1. The minimum absolute atomic E-state index is 0.0573. The summed E-state index contributed by atoms with van der Waals surface area (Å²) in [4.78, 5) is 2.16. The lowest BCUT2D eigenvalue weighted by Crippen LogP contribution is -2.45. The van der Waals surface area contributed by atoms with Gasteiger partial charge in [0, 0.05) is 18.1 Å². The van der Waals surface area contributed by atoms with Crippen molar-refractivity contribution in [3.05, 3.63) is 35.4 Å². The molecular formula is C15H26N2O. The molecule has 0 aliphatic carbocycles. The monoisotopic (exact) mass is 250 g/mol. The van der Waals surface area contributed by atoms with E-state index in [1.807, 2.05) is 27.0 Å². The molecule has 3 heteroatoms. The van der Waals surface area contributed by atoms with E-state index in [-0.39, 0.29) is 18.2 Å². The predicted octanol–water partition coefficient (Wildman–Crippen LogP) is 2.09. The fourth-order valence-electron chi connectivity index (χ4n) is 1.82. The van der Waals surface area contributed by atoms with Gasteiger partial charge >= 0.3 is 0 Å². The van der Waals surface area contributed by atoms with Crippen LogP contribution in [0.5, 0.6) is 0 Å². The molecule has 102 valence electrons. The van der Waals surface area contributed by atoms with Crippen molar-refractivity contribution in [2.45, 2.75) is 38.8 Å². The van der Waals surface area contributed by atoms with E-state index >= 15 is 0 Å². The van der Waals surface area contributed by atoms with Gasteiger partial charge in [-0.3, -0.25) is 4.90 Å². The topological polar surface area (TPSA) is 49.5 Å². The van der Waals surface area contributed by atoms with Gasteiger partial charge in [-0.25, -0.2) is 0 Å². The van der Waals surface area contributed by atoms with Crippen LogP contribution in [-0.4, -0.2) is 35.7 Å². The van der Waals surface area contributed by atoms with Gasteiger partial charge in [-0.15, -0.1) is 0 Å². The van der Waals surface area contributed by atoms with Crippen molar-refractivity contribution in [3.63, 3.8) is 0 Å². The second kappa shape index (κ2) is 6.32. The fraction of sp³-hybridized carbons (Fsp3) is 0.600. The van der Waals surface area contributed by atoms with Crippen LogP contribution >= 0.6 is 0 Å². The van der Waals surface area contributed by atoms with Crippen LogP contribution in [0.2, 0.25) is 0 Å². The molecular weight excluding hydrogens is 224 g/mol. The Balaban J connectivity index is 2.54. The third-order valence-electron chi connectivity index (χ3n) is 3.67. The average molecular weight is 250 g/mol. The number of rotatable bonds is 6. The maximum Gasteiger partial charge on any atom is 0.0609 e. The summed E-state index contributed by atoms with van der Waals surface area (Å²) in [6.45, 7) is 7.18. The summed E-state index contributed by atoms with van der Waals surface area (Å²) < 4.78 is 0. The summed E-state index contributed by atoms with van der Waals surface area (Å²) in [5, 5.41) is 9.31. The highest BCUT2D eigenvalue weighted by Crippen LogP contribution is 2.18. The molecule has 3 nitrogen and oxygen atoms in total. The zero-order valence-electron chi connectivity index (χ0n) is 12.0. The smallest absolute Gasteiger partial charge is 0.0609 e. The molecule has 0 saturated heterocycles. The van der Waals surface area contributed by atoms with Crippen LogP contribution in [0, 0.1) is 6.92 Å². The molecule has 1 aromatic carbocycles. The van der Waals surface area contributed by atoms with Crippen LogP contribution in [-0.2, 0) is 0 Å². The molecule has 0 saturated carbocycles. The van der Waals surface area contributed by atoms with Crippen molar-refractivity contribution in [3.8, 4) is 0 Å². The lowest BCUT2D eigenvalue weighted by molar-refractivity contribution is 0.0767. The molecule has 0 aliphatic heterocycles. The lowest BCUT2D eigenvalue weighted by Gasteiger charge is -2.34. The first-order valence-corrected chi connectivity index (χ1v) is 6.51. The Labute approximate surface area is 111 Å². The largest absolute Gasteiger partial charge is 0.394 e. The van der Waals surface area contributed by atoms with E-state index in [1.165, 1.54) is 11.1 Å². The highest BCUT2D eigenvalue weighted by atomic mass is 16.3. The number of hydrogen-bond acceptors (Lipinski definition) is 3. The highest BCUT2D eigenvalue weighted by molar-refractivity contribution is 5.24. The molecule has 1 aromatic rings. The van der Waals surface area contributed by atoms with Gasteiger partial charge in [0.1, 0.15) is 0 Å². The van der Waals surface area contributed by atoms with Crippen LogP contribution in [0.15, 0.2) is 24.3 Å². The zero-order valence-corrected chi connectivity index (χ0v) is 12.0. The standard InChI is InChI=1S/C15H26N2O/c1-12-6-5-7-13(10-12)14(16)8-9-17(4)15(2,3)11-18/h5-7,10,14,18H,8-9,11,16H2,1-4H3. The molecule has 3 N–H and O–H groups in total. The number of likely N-dealkylation sites (N-methyl/N-ethyl adjacent to an activating group) is 1. The van der Waals surface area contributed by atoms with Crippen LogP contribution < -0.4 is 5.73 Å². The number of nitrogens with zero attached hydrogens (tertiary/aromatic N) is 1. The maximum atomic E-state index is 9.31. The number of aliphatic hydroxyl groups is 1. The third kappa shape index (κ3) is 4.09. The molecule has 0 fully saturated rings. The number of aryl methyl sites for hydroxylation is 1. The van der Waals surface area contributed by atoms with Gasteiger partial charge in [-0.2, -0.15) is 0 Å². The van der Waals surface area contributed by atoms with Gasteiger partial charge in [0.15, 0.2) is 0 Å². The van der Waals surface area contributed by atoms with E-state index in [2.05, 4.69) is 30.0 Å². The first-order chi connectivity index (χ1) is 8.36. The molecule has 0 heterocycles.